The van der Waals surface area contributed by atoms with E-state index in [-0.39, 0.29) is 25.3 Å². The minimum absolute atomic E-state index is 0.190. The molecule has 6 rings (SSSR count). The zero-order valence-corrected chi connectivity index (χ0v) is 30.4. The lowest BCUT2D eigenvalue weighted by atomic mass is 9.85. The van der Waals surface area contributed by atoms with Crippen molar-refractivity contribution in [1.82, 2.24) is 20.3 Å². The summed E-state index contributed by atoms with van der Waals surface area (Å²) < 4.78 is 34.0. The summed E-state index contributed by atoms with van der Waals surface area (Å²) in [5.41, 5.74) is 2.70. The normalized spacial score (nSPS) is 28.0. The van der Waals surface area contributed by atoms with Crippen LogP contribution in [0.2, 0.25) is 0 Å². The molecular formula is C39H52N4O6S. The third-order valence-electron chi connectivity index (χ3n) is 10.6. The van der Waals surface area contributed by atoms with Gasteiger partial charge in [-0.05, 0) is 78.8 Å². The van der Waals surface area contributed by atoms with E-state index in [2.05, 4.69) is 58.3 Å². The van der Waals surface area contributed by atoms with Crippen LogP contribution in [0, 0.1) is 11.3 Å². The minimum atomic E-state index is -3.82. The highest BCUT2D eigenvalue weighted by molar-refractivity contribution is 7.91. The van der Waals surface area contributed by atoms with Gasteiger partial charge in [0.1, 0.15) is 11.6 Å². The highest BCUT2D eigenvalue weighted by Crippen LogP contribution is 2.45. The van der Waals surface area contributed by atoms with Gasteiger partial charge in [-0.3, -0.25) is 19.1 Å². The average Bonchev–Trinajstić information content (AvgIpc) is 4.00. The van der Waals surface area contributed by atoms with E-state index in [0.717, 1.165) is 48.8 Å². The summed E-state index contributed by atoms with van der Waals surface area (Å²) in [7, 11) is -3.82. The number of amides is 3. The quantitative estimate of drug-likeness (QED) is 0.374. The van der Waals surface area contributed by atoms with Crippen molar-refractivity contribution in [1.29, 1.82) is 0 Å². The molecule has 3 fully saturated rings. The Morgan fingerprint density at radius 3 is 2.36 bits per heavy atom. The Labute approximate surface area is 296 Å². The maximum Gasteiger partial charge on any atom is 0.259 e. The van der Waals surface area contributed by atoms with Crippen LogP contribution in [0.5, 0.6) is 0 Å². The van der Waals surface area contributed by atoms with Crippen molar-refractivity contribution in [2.45, 2.75) is 114 Å². The lowest BCUT2D eigenvalue weighted by Crippen LogP contribution is -2.59. The van der Waals surface area contributed by atoms with Crippen molar-refractivity contribution in [2.75, 3.05) is 13.1 Å². The second-order valence-electron chi connectivity index (χ2n) is 15.7. The topological polar surface area (TPSA) is 134 Å². The molecule has 2 aliphatic heterocycles. The zero-order chi connectivity index (χ0) is 35.7. The monoisotopic (exact) mass is 704 g/mol. The van der Waals surface area contributed by atoms with Gasteiger partial charge >= 0.3 is 0 Å². The van der Waals surface area contributed by atoms with E-state index >= 15 is 0 Å². The van der Waals surface area contributed by atoms with Gasteiger partial charge in [0.25, 0.3) is 5.91 Å². The van der Waals surface area contributed by atoms with Gasteiger partial charge in [0.05, 0.1) is 24.0 Å². The molecule has 2 saturated carbocycles. The summed E-state index contributed by atoms with van der Waals surface area (Å²) >= 11 is 0. The Kier molecular flexibility index (Phi) is 10.6. The third-order valence-corrected chi connectivity index (χ3v) is 12.4. The van der Waals surface area contributed by atoms with Crippen LogP contribution in [0.4, 0.5) is 0 Å². The SMILES string of the molecule is C=C[C@@H]1C[C@]1(NC(=O)[C@@H]1C[C@@H]2CN1C(=O)[C@H](C(C)(C)C)NCCCCCCc1cccc(c1)-c1cccc(c1)CO2)C(=O)NS(=O)(=O)C1CC1. The maximum atomic E-state index is 14.4. The molecule has 2 aromatic rings. The van der Waals surface area contributed by atoms with Crippen LogP contribution in [-0.4, -0.2) is 73.1 Å². The first kappa shape index (κ1) is 36.3. The first-order chi connectivity index (χ1) is 23.8. The van der Waals surface area contributed by atoms with E-state index in [0.29, 0.717) is 26.0 Å². The summed E-state index contributed by atoms with van der Waals surface area (Å²) in [6.07, 6.45) is 7.78. The van der Waals surface area contributed by atoms with E-state index in [1.54, 1.807) is 11.0 Å². The number of sulfonamides is 1. The van der Waals surface area contributed by atoms with E-state index < -0.39 is 62.1 Å². The molecule has 1 saturated heterocycles. The highest BCUT2D eigenvalue weighted by atomic mass is 32.2. The Bertz CT molecular complexity index is 1720. The minimum Gasteiger partial charge on any atom is -0.372 e. The molecule has 2 aromatic carbocycles. The number of rotatable bonds is 6. The molecule has 2 heterocycles. The highest BCUT2D eigenvalue weighted by Gasteiger charge is 2.62. The van der Waals surface area contributed by atoms with E-state index in [1.165, 1.54) is 5.56 Å². The fourth-order valence-electron chi connectivity index (χ4n) is 7.37. The van der Waals surface area contributed by atoms with Crippen molar-refractivity contribution in [3.63, 3.8) is 0 Å². The molecule has 0 aromatic heterocycles. The number of ether oxygens (including phenoxy) is 1. The molecule has 0 unspecified atom stereocenters. The van der Waals surface area contributed by atoms with Gasteiger partial charge in [0, 0.05) is 18.9 Å². The van der Waals surface area contributed by atoms with Gasteiger partial charge in [-0.1, -0.05) is 82.2 Å². The van der Waals surface area contributed by atoms with Crippen LogP contribution in [0.3, 0.4) is 0 Å². The molecule has 3 N–H and O–H groups in total. The van der Waals surface area contributed by atoms with Crippen molar-refractivity contribution in [3.05, 3.63) is 72.3 Å². The number of aryl methyl sites for hydroxylation is 1. The van der Waals surface area contributed by atoms with Gasteiger partial charge in [0.15, 0.2) is 0 Å². The molecular weight excluding hydrogens is 653 g/mol. The zero-order valence-electron chi connectivity index (χ0n) is 29.6. The van der Waals surface area contributed by atoms with Crippen LogP contribution >= 0.6 is 0 Å². The number of benzene rings is 2. The molecule has 0 spiro atoms. The number of hydrogen-bond acceptors (Lipinski definition) is 7. The smallest absolute Gasteiger partial charge is 0.259 e. The van der Waals surface area contributed by atoms with Crippen molar-refractivity contribution >= 4 is 27.7 Å². The standard InChI is InChI=1S/C39H52N4O6S/c1-5-30-23-39(30,37(46)42-50(47,48)32-17-18-32)41-35(44)33-22-31-24-43(33)36(45)34(38(2,3)4)40-19-9-7-6-8-12-26-13-10-15-28(20-26)29-16-11-14-27(21-29)25-49-31/h5,10-11,13-16,20-21,30-34,40H,1,6-9,12,17-19,22-25H2,2-4H3,(H,41,44)(H,42,46)/t30-,31-,33+,34-,39-/m1/s1. The molecule has 2 aliphatic carbocycles. The van der Waals surface area contributed by atoms with Crippen LogP contribution in [0.1, 0.15) is 83.3 Å². The van der Waals surface area contributed by atoms with Gasteiger partial charge in [-0.2, -0.15) is 0 Å². The predicted molar refractivity (Wildman–Crippen MR) is 193 cm³/mol. The largest absolute Gasteiger partial charge is 0.372 e. The summed E-state index contributed by atoms with van der Waals surface area (Å²) in [6, 6.07) is 15.5. The fraction of sp³-hybridized carbons (Fsp3) is 0.564. The van der Waals surface area contributed by atoms with E-state index in [1.807, 2.05) is 32.9 Å². The number of nitrogens with zero attached hydrogens (tertiary/aromatic N) is 1. The molecule has 6 bridgehead atoms. The molecule has 4 aliphatic rings. The Balaban J connectivity index is 1.25. The van der Waals surface area contributed by atoms with Crippen molar-refractivity contribution < 1.29 is 27.5 Å². The van der Waals surface area contributed by atoms with Gasteiger partial charge in [-0.25, -0.2) is 8.42 Å². The number of hydrogen-bond donors (Lipinski definition) is 3. The van der Waals surface area contributed by atoms with Crippen LogP contribution < -0.4 is 15.4 Å². The number of carbonyl (C=O) groups excluding carboxylic acids is 3. The van der Waals surface area contributed by atoms with Crippen LogP contribution in [0.15, 0.2) is 61.2 Å². The van der Waals surface area contributed by atoms with Crippen molar-refractivity contribution in [2.24, 2.45) is 11.3 Å². The number of fused-ring (bicyclic) bond motifs is 7. The second kappa shape index (κ2) is 14.6. The second-order valence-corrected chi connectivity index (χ2v) is 17.6. The molecule has 5 atom stereocenters. The Morgan fingerprint density at radius 1 is 1.02 bits per heavy atom. The van der Waals surface area contributed by atoms with E-state index in [9.17, 15) is 22.8 Å². The van der Waals surface area contributed by atoms with Gasteiger partial charge < -0.3 is 20.3 Å². The van der Waals surface area contributed by atoms with Crippen molar-refractivity contribution in [3.8, 4) is 11.1 Å². The molecule has 3 amide bonds. The summed E-state index contributed by atoms with van der Waals surface area (Å²) in [5, 5.41) is 5.82. The molecule has 10 nitrogen and oxygen atoms in total. The third kappa shape index (κ3) is 8.16. The first-order valence-corrected chi connectivity index (χ1v) is 19.7. The Hall–Kier alpha value is -3.54. The molecule has 0 radical (unpaired) electrons. The van der Waals surface area contributed by atoms with Crippen LogP contribution in [0.25, 0.3) is 11.1 Å². The number of nitrogens with one attached hydrogen (secondary N) is 3. The summed E-state index contributed by atoms with van der Waals surface area (Å²) in [6.45, 7) is 11.0. The predicted octanol–water partition coefficient (Wildman–Crippen LogP) is 4.63. The summed E-state index contributed by atoms with van der Waals surface area (Å²) in [5.74, 6) is -1.87. The maximum absolute atomic E-state index is 14.4. The lowest BCUT2D eigenvalue weighted by molar-refractivity contribution is -0.143. The van der Waals surface area contributed by atoms with Crippen LogP contribution in [-0.2, 0) is 42.2 Å². The van der Waals surface area contributed by atoms with Gasteiger partial charge in [0.2, 0.25) is 21.8 Å². The van der Waals surface area contributed by atoms with E-state index in [4.69, 9.17) is 4.74 Å². The first-order valence-electron chi connectivity index (χ1n) is 18.1. The lowest BCUT2D eigenvalue weighted by Gasteiger charge is -2.36. The molecule has 50 heavy (non-hydrogen) atoms. The Morgan fingerprint density at radius 2 is 1.70 bits per heavy atom. The molecule has 270 valence electrons. The average molecular weight is 705 g/mol. The summed E-state index contributed by atoms with van der Waals surface area (Å²) in [4.78, 5) is 43.6. The fourth-order valence-corrected chi connectivity index (χ4v) is 8.74. The number of carbonyl (C=O) groups is 3. The molecule has 11 heteroatoms. The van der Waals surface area contributed by atoms with Gasteiger partial charge in [-0.15, -0.1) is 6.58 Å².